The van der Waals surface area contributed by atoms with Crippen molar-refractivity contribution in [2.45, 2.75) is 13.0 Å². The molecule has 2 aromatic heterocycles. The van der Waals surface area contributed by atoms with Crippen LogP contribution in [0.1, 0.15) is 17.8 Å². The number of aromatic nitrogens is 2. The Balaban J connectivity index is 1.99. The second-order valence-electron chi connectivity index (χ2n) is 5.15. The summed E-state index contributed by atoms with van der Waals surface area (Å²) in [6.45, 7) is 0.636. The molecule has 0 unspecified atom stereocenters. The van der Waals surface area contributed by atoms with Crippen LogP contribution < -0.4 is 5.56 Å². The van der Waals surface area contributed by atoms with Crippen LogP contribution in [0.4, 0.5) is 0 Å². The van der Waals surface area contributed by atoms with E-state index in [1.165, 1.54) is 0 Å². The lowest BCUT2D eigenvalue weighted by Crippen LogP contribution is -2.20. The quantitative estimate of drug-likeness (QED) is 0.638. The van der Waals surface area contributed by atoms with E-state index in [1.807, 2.05) is 11.4 Å². The SMILES string of the molecule is O=c1c2cc(Cl)cc(Cl)c2nc2n1CC/C2=C\c1ccsc1. The van der Waals surface area contributed by atoms with Gasteiger partial charge >= 0.3 is 0 Å². The van der Waals surface area contributed by atoms with Crippen LogP contribution in [0.15, 0.2) is 33.8 Å². The Morgan fingerprint density at radius 1 is 1.32 bits per heavy atom. The largest absolute Gasteiger partial charge is 0.292 e. The highest BCUT2D eigenvalue weighted by molar-refractivity contribution is 7.08. The summed E-state index contributed by atoms with van der Waals surface area (Å²) < 4.78 is 1.70. The molecule has 0 fully saturated rings. The maximum atomic E-state index is 12.7. The topological polar surface area (TPSA) is 34.9 Å². The highest BCUT2D eigenvalue weighted by Crippen LogP contribution is 2.31. The van der Waals surface area contributed by atoms with Gasteiger partial charge in [0.25, 0.3) is 5.56 Å². The Morgan fingerprint density at radius 3 is 2.95 bits per heavy atom. The molecule has 3 aromatic rings. The molecule has 3 nitrogen and oxygen atoms in total. The zero-order valence-electron chi connectivity index (χ0n) is 11.3. The summed E-state index contributed by atoms with van der Waals surface area (Å²) in [6.07, 6.45) is 2.87. The number of hydrogen-bond acceptors (Lipinski definition) is 3. The maximum absolute atomic E-state index is 12.7. The number of allylic oxidation sites excluding steroid dienone is 1. The average molecular weight is 349 g/mol. The normalized spacial score (nSPS) is 15.6. The molecule has 0 amide bonds. The Kier molecular flexibility index (Phi) is 3.33. The van der Waals surface area contributed by atoms with Gasteiger partial charge in [0.2, 0.25) is 0 Å². The monoisotopic (exact) mass is 348 g/mol. The van der Waals surface area contributed by atoms with Gasteiger partial charge in [0.05, 0.1) is 15.9 Å². The molecule has 0 saturated heterocycles. The van der Waals surface area contributed by atoms with Gasteiger partial charge in [-0.25, -0.2) is 4.98 Å². The van der Waals surface area contributed by atoms with Crippen molar-refractivity contribution >= 4 is 57.1 Å². The Hall–Kier alpha value is -1.62. The van der Waals surface area contributed by atoms with Gasteiger partial charge in [-0.05, 0) is 52.6 Å². The number of nitrogens with zero attached hydrogens (tertiary/aromatic N) is 2. The third kappa shape index (κ3) is 2.19. The van der Waals surface area contributed by atoms with Crippen molar-refractivity contribution in [2.24, 2.45) is 0 Å². The first kappa shape index (κ1) is 14.0. The molecule has 1 aliphatic heterocycles. The molecule has 4 rings (SSSR count). The van der Waals surface area contributed by atoms with E-state index in [4.69, 9.17) is 23.2 Å². The van der Waals surface area contributed by atoms with E-state index in [0.717, 1.165) is 17.6 Å². The number of benzene rings is 1. The third-order valence-corrected chi connectivity index (χ3v) is 4.96. The van der Waals surface area contributed by atoms with Crippen molar-refractivity contribution in [3.63, 3.8) is 0 Å². The first-order valence-corrected chi connectivity index (χ1v) is 8.46. The smallest absolute Gasteiger partial charge is 0.261 e. The van der Waals surface area contributed by atoms with Gasteiger partial charge in [-0.15, -0.1) is 0 Å². The first-order valence-electron chi connectivity index (χ1n) is 6.76. The van der Waals surface area contributed by atoms with Crippen LogP contribution >= 0.6 is 34.5 Å². The maximum Gasteiger partial charge on any atom is 0.261 e. The number of thiophene rings is 1. The fourth-order valence-corrected chi connectivity index (χ4v) is 3.90. The van der Waals surface area contributed by atoms with Crippen LogP contribution in [0.25, 0.3) is 22.6 Å². The zero-order valence-corrected chi connectivity index (χ0v) is 13.7. The van der Waals surface area contributed by atoms with Crippen molar-refractivity contribution in [3.8, 4) is 0 Å². The molecule has 0 spiro atoms. The highest BCUT2D eigenvalue weighted by Gasteiger charge is 2.22. The minimum Gasteiger partial charge on any atom is -0.292 e. The fourth-order valence-electron chi connectivity index (χ4n) is 2.74. The molecule has 0 N–H and O–H groups in total. The summed E-state index contributed by atoms with van der Waals surface area (Å²) in [6, 6.07) is 5.30. The zero-order chi connectivity index (χ0) is 15.3. The summed E-state index contributed by atoms with van der Waals surface area (Å²) >= 11 is 13.9. The molecule has 3 heterocycles. The van der Waals surface area contributed by atoms with E-state index >= 15 is 0 Å². The molecule has 0 saturated carbocycles. The summed E-state index contributed by atoms with van der Waals surface area (Å²) in [5.74, 6) is 0.702. The van der Waals surface area contributed by atoms with Crippen LogP contribution in [0.2, 0.25) is 10.0 Å². The van der Waals surface area contributed by atoms with Gasteiger partial charge in [-0.1, -0.05) is 23.2 Å². The van der Waals surface area contributed by atoms with E-state index in [2.05, 4.69) is 16.4 Å². The molecule has 0 bridgehead atoms. The van der Waals surface area contributed by atoms with Crippen molar-refractivity contribution in [1.29, 1.82) is 0 Å². The van der Waals surface area contributed by atoms with Crippen molar-refractivity contribution < 1.29 is 0 Å². The van der Waals surface area contributed by atoms with Gasteiger partial charge < -0.3 is 0 Å². The van der Waals surface area contributed by atoms with E-state index in [0.29, 0.717) is 33.3 Å². The minimum atomic E-state index is -0.0851. The third-order valence-electron chi connectivity index (χ3n) is 3.75. The van der Waals surface area contributed by atoms with Crippen LogP contribution in [0, 0.1) is 0 Å². The molecule has 0 aliphatic carbocycles. The van der Waals surface area contributed by atoms with Crippen molar-refractivity contribution in [2.75, 3.05) is 0 Å². The standard InChI is InChI=1S/C16H10Cl2N2OS/c17-11-6-12-14(13(18)7-11)19-15-10(1-3-20(15)16(12)21)5-9-2-4-22-8-9/h2,4-8H,1,3H2/b10-5+. The van der Waals surface area contributed by atoms with Gasteiger partial charge in [0, 0.05) is 11.6 Å². The molecule has 1 aliphatic rings. The van der Waals surface area contributed by atoms with E-state index < -0.39 is 0 Å². The number of fused-ring (bicyclic) bond motifs is 2. The highest BCUT2D eigenvalue weighted by atomic mass is 35.5. The number of rotatable bonds is 1. The van der Waals surface area contributed by atoms with Gasteiger partial charge in [-0.2, -0.15) is 11.3 Å². The predicted molar refractivity (Wildman–Crippen MR) is 92.8 cm³/mol. The summed E-state index contributed by atoms with van der Waals surface area (Å²) in [5.41, 5.74) is 2.62. The van der Waals surface area contributed by atoms with Gasteiger partial charge in [0.15, 0.2) is 0 Å². The lowest BCUT2D eigenvalue weighted by Gasteiger charge is -2.07. The first-order chi connectivity index (χ1) is 10.6. The molecule has 0 atom stereocenters. The van der Waals surface area contributed by atoms with Crippen molar-refractivity contribution in [3.05, 3.63) is 60.7 Å². The van der Waals surface area contributed by atoms with E-state index in [9.17, 15) is 4.79 Å². The summed E-state index contributed by atoms with van der Waals surface area (Å²) in [5, 5.41) is 5.43. The number of hydrogen-bond donors (Lipinski definition) is 0. The van der Waals surface area contributed by atoms with Crippen LogP contribution in [-0.2, 0) is 6.54 Å². The predicted octanol–water partition coefficient (Wildman–Crippen LogP) is 4.71. The van der Waals surface area contributed by atoms with Crippen molar-refractivity contribution in [1.82, 2.24) is 9.55 Å². The van der Waals surface area contributed by atoms with Gasteiger partial charge in [0.1, 0.15) is 5.82 Å². The molecular weight excluding hydrogens is 339 g/mol. The summed E-state index contributed by atoms with van der Waals surface area (Å²) in [7, 11) is 0. The molecule has 0 radical (unpaired) electrons. The lowest BCUT2D eigenvalue weighted by molar-refractivity contribution is 0.725. The Labute approximate surface area is 140 Å². The number of halogens is 2. The summed E-state index contributed by atoms with van der Waals surface area (Å²) in [4.78, 5) is 17.3. The molecular formula is C16H10Cl2N2OS. The average Bonchev–Trinajstić information content (AvgIpc) is 3.11. The second-order valence-corrected chi connectivity index (χ2v) is 6.78. The van der Waals surface area contributed by atoms with Gasteiger partial charge in [-0.3, -0.25) is 9.36 Å². The molecule has 1 aromatic carbocycles. The molecule has 110 valence electrons. The van der Waals surface area contributed by atoms with Crippen LogP contribution in [0.3, 0.4) is 0 Å². The Bertz CT molecular complexity index is 974. The second kappa shape index (κ2) is 5.23. The Morgan fingerprint density at radius 2 is 2.18 bits per heavy atom. The fraction of sp³-hybridized carbons (Fsp3) is 0.125. The van der Waals surface area contributed by atoms with E-state index in [1.54, 1.807) is 28.0 Å². The van der Waals surface area contributed by atoms with Crippen LogP contribution in [-0.4, -0.2) is 9.55 Å². The molecule has 6 heteroatoms. The van der Waals surface area contributed by atoms with Crippen LogP contribution in [0.5, 0.6) is 0 Å². The lowest BCUT2D eigenvalue weighted by atomic mass is 10.1. The minimum absolute atomic E-state index is 0.0851. The van der Waals surface area contributed by atoms with E-state index in [-0.39, 0.29) is 5.56 Å². The molecule has 22 heavy (non-hydrogen) atoms.